The molecule has 4 aliphatic rings. The molecule has 1 N–H and O–H groups in total. The van der Waals surface area contributed by atoms with Crippen LogP contribution in [-0.2, 0) is 32.6 Å². The molecule has 6 nitrogen and oxygen atoms in total. The lowest BCUT2D eigenvalue weighted by atomic mass is 9.70. The molecule has 0 unspecified atom stereocenters. The molecule has 5 rings (SSSR count). The van der Waals surface area contributed by atoms with E-state index in [2.05, 4.69) is 18.6 Å². The lowest BCUT2D eigenvalue weighted by Gasteiger charge is -2.36. The molecule has 1 amide bonds. The number of rotatable bonds is 5. The molecular weight excluding hydrogens is 400 g/mol. The van der Waals surface area contributed by atoms with Crippen molar-refractivity contribution in [3.63, 3.8) is 0 Å². The summed E-state index contributed by atoms with van der Waals surface area (Å²) >= 11 is 0. The standard InChI is InChI=1S/C23H30N2O4S/c1-22(2)18-7-9-23(22,20(26)12-18)14-30(28,29)24-19-6-5-15-8-10-25(13-17(15)11-19)21(27)16-3-4-16/h5-6,11,16,18,24H,3-4,7-10,12-14H2,1-2H3/t18-,23+/m1/s1. The number of nitrogens with zero attached hydrogens (tertiary/aromatic N) is 1. The fourth-order valence-corrected chi connectivity index (χ4v) is 7.93. The predicted octanol–water partition coefficient (Wildman–Crippen LogP) is 3.12. The maximum absolute atomic E-state index is 13.1. The van der Waals surface area contributed by atoms with E-state index >= 15 is 0 Å². The number of benzene rings is 1. The lowest BCUT2D eigenvalue weighted by molar-refractivity contribution is -0.133. The molecule has 0 saturated heterocycles. The highest BCUT2D eigenvalue weighted by Crippen LogP contribution is 2.64. The van der Waals surface area contributed by atoms with E-state index in [1.807, 2.05) is 17.0 Å². The van der Waals surface area contributed by atoms with E-state index in [9.17, 15) is 18.0 Å². The van der Waals surface area contributed by atoms with Gasteiger partial charge in [0.2, 0.25) is 15.9 Å². The monoisotopic (exact) mass is 430 g/mol. The molecule has 0 radical (unpaired) electrons. The van der Waals surface area contributed by atoms with E-state index in [4.69, 9.17) is 0 Å². The van der Waals surface area contributed by atoms with Gasteiger partial charge in [0.25, 0.3) is 0 Å². The number of sulfonamides is 1. The zero-order chi connectivity index (χ0) is 21.3. The summed E-state index contributed by atoms with van der Waals surface area (Å²) < 4.78 is 28.9. The molecule has 3 saturated carbocycles. The summed E-state index contributed by atoms with van der Waals surface area (Å²) in [5, 5.41) is 0. The second-order valence-electron chi connectivity index (χ2n) is 10.3. The molecule has 1 aromatic carbocycles. The summed E-state index contributed by atoms with van der Waals surface area (Å²) in [6.45, 7) is 5.37. The number of Topliss-reactive ketones (excluding diaryl/α,β-unsaturated/α-hetero) is 1. The second-order valence-corrected chi connectivity index (χ2v) is 12.0. The van der Waals surface area contributed by atoms with Crippen molar-refractivity contribution in [3.05, 3.63) is 29.3 Å². The van der Waals surface area contributed by atoms with Crippen LogP contribution in [0.5, 0.6) is 0 Å². The Hall–Kier alpha value is -1.89. The van der Waals surface area contributed by atoms with Gasteiger partial charge in [0, 0.05) is 31.1 Å². The first kappa shape index (κ1) is 20.0. The lowest BCUT2D eigenvalue weighted by Crippen LogP contribution is -2.43. The molecule has 30 heavy (non-hydrogen) atoms. The smallest absolute Gasteiger partial charge is 0.233 e. The summed E-state index contributed by atoms with van der Waals surface area (Å²) in [6, 6.07) is 5.61. The fraction of sp³-hybridized carbons (Fsp3) is 0.652. The quantitative estimate of drug-likeness (QED) is 0.778. The number of nitrogens with one attached hydrogen (secondary N) is 1. The van der Waals surface area contributed by atoms with Crippen LogP contribution in [0.4, 0.5) is 5.69 Å². The fourth-order valence-electron chi connectivity index (χ4n) is 6.05. The Kier molecular flexibility index (Phi) is 4.38. The van der Waals surface area contributed by atoms with Crippen molar-refractivity contribution < 1.29 is 18.0 Å². The minimum atomic E-state index is -3.68. The van der Waals surface area contributed by atoms with Gasteiger partial charge < -0.3 is 4.90 Å². The maximum atomic E-state index is 13.1. The van der Waals surface area contributed by atoms with E-state index in [-0.39, 0.29) is 28.8 Å². The van der Waals surface area contributed by atoms with E-state index in [1.54, 1.807) is 6.07 Å². The van der Waals surface area contributed by atoms with E-state index in [1.165, 1.54) is 5.56 Å². The molecule has 162 valence electrons. The average Bonchev–Trinajstić information content (AvgIpc) is 3.47. The highest BCUT2D eigenvalue weighted by atomic mass is 32.2. The van der Waals surface area contributed by atoms with Crippen LogP contribution >= 0.6 is 0 Å². The highest BCUT2D eigenvalue weighted by Gasteiger charge is 2.65. The van der Waals surface area contributed by atoms with Crippen molar-refractivity contribution in [3.8, 4) is 0 Å². The number of carbonyl (C=O) groups is 2. The largest absolute Gasteiger partial charge is 0.338 e. The molecule has 2 bridgehead atoms. The summed E-state index contributed by atoms with van der Waals surface area (Å²) in [5.41, 5.74) is 1.64. The van der Waals surface area contributed by atoms with Crippen LogP contribution < -0.4 is 4.72 Å². The van der Waals surface area contributed by atoms with Crippen molar-refractivity contribution >= 4 is 27.4 Å². The normalized spacial score (nSPS) is 29.7. The van der Waals surface area contributed by atoms with Crippen LogP contribution in [0.3, 0.4) is 0 Å². The molecule has 7 heteroatoms. The first-order chi connectivity index (χ1) is 14.1. The maximum Gasteiger partial charge on any atom is 0.233 e. The van der Waals surface area contributed by atoms with Gasteiger partial charge in [0.15, 0.2) is 0 Å². The van der Waals surface area contributed by atoms with Crippen molar-refractivity contribution in [1.82, 2.24) is 4.90 Å². The number of carbonyl (C=O) groups excluding carboxylic acids is 2. The Morgan fingerprint density at radius 2 is 1.97 bits per heavy atom. The predicted molar refractivity (Wildman–Crippen MR) is 114 cm³/mol. The van der Waals surface area contributed by atoms with Crippen LogP contribution in [0.25, 0.3) is 0 Å². The third kappa shape index (κ3) is 3.08. The Morgan fingerprint density at radius 3 is 2.60 bits per heavy atom. The molecule has 0 aromatic heterocycles. The number of anilines is 1. The van der Waals surface area contributed by atoms with Crippen LogP contribution in [-0.4, -0.2) is 37.3 Å². The van der Waals surface area contributed by atoms with Crippen molar-refractivity contribution in [2.24, 2.45) is 22.7 Å². The molecule has 1 aliphatic heterocycles. The van der Waals surface area contributed by atoms with Gasteiger partial charge in [0.05, 0.1) is 11.2 Å². The zero-order valence-electron chi connectivity index (χ0n) is 17.7. The minimum Gasteiger partial charge on any atom is -0.338 e. The van der Waals surface area contributed by atoms with Crippen molar-refractivity contribution in [2.45, 2.75) is 58.9 Å². The van der Waals surface area contributed by atoms with Gasteiger partial charge in [-0.3, -0.25) is 14.3 Å². The Labute approximate surface area is 178 Å². The summed E-state index contributed by atoms with van der Waals surface area (Å²) in [4.78, 5) is 27.0. The van der Waals surface area contributed by atoms with Gasteiger partial charge in [-0.15, -0.1) is 0 Å². The second kappa shape index (κ2) is 6.55. The first-order valence-electron chi connectivity index (χ1n) is 11.1. The van der Waals surface area contributed by atoms with Gasteiger partial charge in [-0.05, 0) is 66.7 Å². The number of amides is 1. The van der Waals surface area contributed by atoms with E-state index in [0.717, 1.165) is 37.8 Å². The molecule has 3 fully saturated rings. The summed E-state index contributed by atoms with van der Waals surface area (Å²) in [7, 11) is -3.68. The van der Waals surface area contributed by atoms with Crippen LogP contribution in [0, 0.1) is 22.7 Å². The minimum absolute atomic E-state index is 0.105. The third-order valence-electron chi connectivity index (χ3n) is 8.31. The van der Waals surface area contributed by atoms with Gasteiger partial charge >= 0.3 is 0 Å². The van der Waals surface area contributed by atoms with Crippen LogP contribution in [0.2, 0.25) is 0 Å². The van der Waals surface area contributed by atoms with Gasteiger partial charge in [-0.1, -0.05) is 19.9 Å². The van der Waals surface area contributed by atoms with Crippen LogP contribution in [0.15, 0.2) is 18.2 Å². The summed E-state index contributed by atoms with van der Waals surface area (Å²) in [6.07, 6.45) is 4.87. The molecule has 1 aromatic rings. The molecule has 1 heterocycles. The number of hydrogen-bond donors (Lipinski definition) is 1. The van der Waals surface area contributed by atoms with Crippen LogP contribution in [0.1, 0.15) is 57.1 Å². The van der Waals surface area contributed by atoms with Gasteiger partial charge in [-0.2, -0.15) is 0 Å². The molecule has 0 spiro atoms. The molecule has 2 atom stereocenters. The molecule has 3 aliphatic carbocycles. The number of fused-ring (bicyclic) bond motifs is 3. The number of hydrogen-bond acceptors (Lipinski definition) is 4. The third-order valence-corrected chi connectivity index (χ3v) is 9.73. The SMILES string of the molecule is CC1(C)[C@@H]2CC[C@]1(CS(=O)(=O)Nc1ccc3c(c1)CN(C(=O)C1CC1)CC3)C(=O)C2. The zero-order valence-corrected chi connectivity index (χ0v) is 18.6. The van der Waals surface area contributed by atoms with Gasteiger partial charge in [-0.25, -0.2) is 8.42 Å². The summed E-state index contributed by atoms with van der Waals surface area (Å²) in [5.74, 6) is 0.664. The average molecular weight is 431 g/mol. The molecular formula is C23H30N2O4S. The Balaban J connectivity index is 1.34. The Bertz CT molecular complexity index is 1030. The topological polar surface area (TPSA) is 83.6 Å². The van der Waals surface area contributed by atoms with Crippen molar-refractivity contribution in [1.29, 1.82) is 0 Å². The highest BCUT2D eigenvalue weighted by molar-refractivity contribution is 7.92. The van der Waals surface area contributed by atoms with Crippen molar-refractivity contribution in [2.75, 3.05) is 17.0 Å². The Morgan fingerprint density at radius 1 is 1.20 bits per heavy atom. The van der Waals surface area contributed by atoms with E-state index in [0.29, 0.717) is 31.0 Å². The first-order valence-corrected chi connectivity index (χ1v) is 12.7. The number of ketones is 1. The van der Waals surface area contributed by atoms with Gasteiger partial charge in [0.1, 0.15) is 5.78 Å². The van der Waals surface area contributed by atoms with E-state index < -0.39 is 15.4 Å².